The van der Waals surface area contributed by atoms with Gasteiger partial charge in [-0.15, -0.1) is 24.0 Å². The zero-order valence-electron chi connectivity index (χ0n) is 13.6. The van der Waals surface area contributed by atoms with Crippen LogP contribution in [-0.4, -0.2) is 63.3 Å². The van der Waals surface area contributed by atoms with Crippen LogP contribution in [0.25, 0.3) is 0 Å². The summed E-state index contributed by atoms with van der Waals surface area (Å²) in [7, 11) is 0. The van der Waals surface area contributed by atoms with Gasteiger partial charge in [-0.2, -0.15) is 0 Å². The molecule has 3 aliphatic rings. The van der Waals surface area contributed by atoms with Gasteiger partial charge in [-0.3, -0.25) is 9.89 Å². The molecule has 0 unspecified atom stereocenters. The molecule has 1 saturated carbocycles. The van der Waals surface area contributed by atoms with Gasteiger partial charge in [-0.05, 0) is 19.3 Å². The van der Waals surface area contributed by atoms with Crippen LogP contribution in [0.2, 0.25) is 0 Å². The number of morpholine rings is 1. The molecule has 6 heteroatoms. The molecule has 3 rings (SSSR count). The maximum absolute atomic E-state index is 5.49. The van der Waals surface area contributed by atoms with Crippen LogP contribution >= 0.6 is 24.0 Å². The lowest BCUT2D eigenvalue weighted by molar-refractivity contribution is 0.00819. The first kappa shape index (κ1) is 18.3. The molecule has 2 aliphatic heterocycles. The minimum absolute atomic E-state index is 0. The monoisotopic (exact) mass is 422 g/mol. The van der Waals surface area contributed by atoms with E-state index in [2.05, 4.69) is 20.5 Å². The number of nitrogens with zero attached hydrogens (tertiary/aromatic N) is 2. The van der Waals surface area contributed by atoms with Crippen LogP contribution in [0.15, 0.2) is 4.99 Å². The third-order valence-electron chi connectivity index (χ3n) is 5.11. The molecule has 0 aromatic rings. The van der Waals surface area contributed by atoms with E-state index in [0.29, 0.717) is 5.41 Å². The van der Waals surface area contributed by atoms with Gasteiger partial charge in [0.1, 0.15) is 0 Å². The molecule has 128 valence electrons. The zero-order chi connectivity index (χ0) is 14.4. The molecule has 0 aromatic carbocycles. The quantitative estimate of drug-likeness (QED) is 0.679. The van der Waals surface area contributed by atoms with Crippen molar-refractivity contribution in [1.29, 1.82) is 0 Å². The number of hydrogen-bond donors (Lipinski definition) is 2. The van der Waals surface area contributed by atoms with Crippen LogP contribution < -0.4 is 10.6 Å². The van der Waals surface area contributed by atoms with E-state index in [1.807, 2.05) is 0 Å². The topological polar surface area (TPSA) is 48.9 Å². The van der Waals surface area contributed by atoms with E-state index in [-0.39, 0.29) is 24.0 Å². The summed E-state index contributed by atoms with van der Waals surface area (Å²) >= 11 is 0. The average Bonchev–Trinajstić information content (AvgIpc) is 2.56. The standard InChI is InChI=1S/C16H30N4O.HI/c1-2-5-16(6-3-1,14-20-9-11-21-12-10-20)13-19-15-17-7-4-8-18-15;/h1-14H2,(H2,17,18,19);1H. The Morgan fingerprint density at radius 3 is 2.59 bits per heavy atom. The molecule has 0 aromatic heterocycles. The van der Waals surface area contributed by atoms with Gasteiger partial charge < -0.3 is 15.4 Å². The van der Waals surface area contributed by atoms with Gasteiger partial charge >= 0.3 is 0 Å². The summed E-state index contributed by atoms with van der Waals surface area (Å²) < 4.78 is 5.49. The Morgan fingerprint density at radius 2 is 1.91 bits per heavy atom. The van der Waals surface area contributed by atoms with E-state index in [4.69, 9.17) is 4.74 Å². The van der Waals surface area contributed by atoms with Crippen LogP contribution in [0.5, 0.6) is 0 Å². The lowest BCUT2D eigenvalue weighted by Crippen LogP contribution is -2.51. The Kier molecular flexibility index (Phi) is 7.70. The molecule has 0 atom stereocenters. The molecule has 0 amide bonds. The third-order valence-corrected chi connectivity index (χ3v) is 5.11. The minimum Gasteiger partial charge on any atom is -0.379 e. The van der Waals surface area contributed by atoms with Crippen LogP contribution in [0.4, 0.5) is 0 Å². The van der Waals surface area contributed by atoms with E-state index in [1.54, 1.807) is 0 Å². The first-order chi connectivity index (χ1) is 10.4. The Bertz CT molecular complexity index is 352. The second-order valence-electron chi connectivity index (χ2n) is 6.81. The Hall–Kier alpha value is -0.0800. The van der Waals surface area contributed by atoms with Gasteiger partial charge in [0.25, 0.3) is 0 Å². The van der Waals surface area contributed by atoms with Crippen molar-refractivity contribution in [2.24, 2.45) is 10.4 Å². The predicted molar refractivity (Wildman–Crippen MR) is 101 cm³/mol. The van der Waals surface area contributed by atoms with Crippen molar-refractivity contribution in [3.63, 3.8) is 0 Å². The highest BCUT2D eigenvalue weighted by Crippen LogP contribution is 2.36. The summed E-state index contributed by atoms with van der Waals surface area (Å²) in [6, 6.07) is 0. The largest absolute Gasteiger partial charge is 0.379 e. The average molecular weight is 422 g/mol. The second kappa shape index (κ2) is 9.27. The number of hydrogen-bond acceptors (Lipinski definition) is 5. The van der Waals surface area contributed by atoms with Crippen molar-refractivity contribution < 1.29 is 4.74 Å². The lowest BCUT2D eigenvalue weighted by Gasteiger charge is -2.42. The summed E-state index contributed by atoms with van der Waals surface area (Å²) in [4.78, 5) is 7.16. The van der Waals surface area contributed by atoms with Crippen molar-refractivity contribution in [1.82, 2.24) is 15.5 Å². The molecule has 5 nitrogen and oxygen atoms in total. The van der Waals surface area contributed by atoms with Gasteiger partial charge in [0.05, 0.1) is 13.2 Å². The first-order valence-electron chi connectivity index (χ1n) is 8.69. The highest BCUT2D eigenvalue weighted by atomic mass is 127. The van der Waals surface area contributed by atoms with Crippen LogP contribution in [0.1, 0.15) is 38.5 Å². The highest BCUT2D eigenvalue weighted by Gasteiger charge is 2.34. The molecule has 2 fully saturated rings. The number of nitrogens with one attached hydrogen (secondary N) is 2. The fourth-order valence-corrected chi connectivity index (χ4v) is 3.85. The van der Waals surface area contributed by atoms with Crippen molar-refractivity contribution >= 4 is 29.9 Å². The first-order valence-corrected chi connectivity index (χ1v) is 8.69. The molecular weight excluding hydrogens is 391 g/mol. The van der Waals surface area contributed by atoms with E-state index in [1.165, 1.54) is 38.6 Å². The summed E-state index contributed by atoms with van der Waals surface area (Å²) in [5.74, 6) is 1.02. The molecule has 1 aliphatic carbocycles. The van der Waals surface area contributed by atoms with Gasteiger partial charge in [0.15, 0.2) is 5.96 Å². The summed E-state index contributed by atoms with van der Waals surface area (Å²) in [6.45, 7) is 8.30. The minimum atomic E-state index is 0. The molecule has 2 heterocycles. The normalized spacial score (nSPS) is 25.5. The highest BCUT2D eigenvalue weighted by molar-refractivity contribution is 14.0. The van der Waals surface area contributed by atoms with Gasteiger partial charge in [-0.1, -0.05) is 19.3 Å². The smallest absolute Gasteiger partial charge is 0.191 e. The van der Waals surface area contributed by atoms with E-state index >= 15 is 0 Å². The number of rotatable bonds is 4. The Balaban J connectivity index is 0.00000176. The fourth-order valence-electron chi connectivity index (χ4n) is 3.85. The van der Waals surface area contributed by atoms with Gasteiger partial charge in [0, 0.05) is 44.7 Å². The molecule has 1 saturated heterocycles. The zero-order valence-corrected chi connectivity index (χ0v) is 15.9. The fraction of sp³-hybridized carbons (Fsp3) is 0.938. The predicted octanol–water partition coefficient (Wildman–Crippen LogP) is 1.83. The maximum Gasteiger partial charge on any atom is 0.191 e. The molecule has 2 N–H and O–H groups in total. The van der Waals surface area contributed by atoms with Crippen LogP contribution in [0, 0.1) is 5.41 Å². The Morgan fingerprint density at radius 1 is 1.14 bits per heavy atom. The van der Waals surface area contributed by atoms with E-state index < -0.39 is 0 Å². The lowest BCUT2D eigenvalue weighted by atomic mass is 9.73. The van der Waals surface area contributed by atoms with Crippen molar-refractivity contribution in [2.75, 3.05) is 52.5 Å². The van der Waals surface area contributed by atoms with E-state index in [9.17, 15) is 0 Å². The number of halogens is 1. The van der Waals surface area contributed by atoms with Crippen LogP contribution in [-0.2, 0) is 4.74 Å². The molecular formula is C16H31IN4O. The van der Waals surface area contributed by atoms with Crippen molar-refractivity contribution in [3.05, 3.63) is 0 Å². The molecule has 0 radical (unpaired) electrons. The van der Waals surface area contributed by atoms with E-state index in [0.717, 1.165) is 58.3 Å². The van der Waals surface area contributed by atoms with Gasteiger partial charge in [0.2, 0.25) is 0 Å². The van der Waals surface area contributed by atoms with Crippen molar-refractivity contribution in [3.8, 4) is 0 Å². The van der Waals surface area contributed by atoms with Crippen LogP contribution in [0.3, 0.4) is 0 Å². The molecule has 0 bridgehead atoms. The number of ether oxygens (including phenoxy) is 1. The van der Waals surface area contributed by atoms with Crippen molar-refractivity contribution in [2.45, 2.75) is 38.5 Å². The Labute approximate surface area is 151 Å². The number of guanidine groups is 1. The summed E-state index contributed by atoms with van der Waals surface area (Å²) in [5.41, 5.74) is 0.428. The second-order valence-corrected chi connectivity index (χ2v) is 6.81. The summed E-state index contributed by atoms with van der Waals surface area (Å²) in [5, 5.41) is 6.99. The van der Waals surface area contributed by atoms with Gasteiger partial charge in [-0.25, -0.2) is 0 Å². The molecule has 22 heavy (non-hydrogen) atoms. The maximum atomic E-state index is 5.49. The third kappa shape index (κ3) is 5.23. The number of aliphatic imine (C=N–C) groups is 1. The SMILES string of the molecule is C1CCC(CNC2=NCCCN2)(CN2CCOCC2)CC1.I. The molecule has 0 spiro atoms. The summed E-state index contributed by atoms with van der Waals surface area (Å²) in [6.07, 6.45) is 8.03.